The maximum atomic E-state index is 13.9. The molecule has 0 aliphatic carbocycles. The van der Waals surface area contributed by atoms with E-state index >= 15 is 0 Å². The third-order valence-corrected chi connectivity index (χ3v) is 4.02. The number of thiocarbonyl (C=S) groups is 1. The molecule has 0 unspecified atom stereocenters. The smallest absolute Gasteiger partial charge is 0.263 e. The molecular weight excluding hydrogens is 440 g/mol. The van der Waals surface area contributed by atoms with Gasteiger partial charge in [0.1, 0.15) is 5.56 Å². The molecule has 2 aromatic carbocycles. The Bertz CT molecular complexity index is 879. The van der Waals surface area contributed by atoms with Crippen molar-refractivity contribution in [2.75, 3.05) is 12.4 Å². The predicted octanol–water partition coefficient (Wildman–Crippen LogP) is 4.45. The first-order valence-electron chi connectivity index (χ1n) is 6.95. The second kappa shape index (κ2) is 8.00. The minimum Gasteiger partial charge on any atom is -0.491 e. The third-order valence-electron chi connectivity index (χ3n) is 3.32. The van der Waals surface area contributed by atoms with Crippen LogP contribution in [0.1, 0.15) is 15.9 Å². The highest BCUT2D eigenvalue weighted by Crippen LogP contribution is 2.29. The molecule has 2 aromatic rings. The van der Waals surface area contributed by atoms with Crippen molar-refractivity contribution in [3.05, 3.63) is 57.1 Å². The van der Waals surface area contributed by atoms with Crippen molar-refractivity contribution in [2.24, 2.45) is 0 Å². The molecule has 0 saturated heterocycles. The molecule has 0 atom stereocenters. The first-order chi connectivity index (χ1) is 12.2. The van der Waals surface area contributed by atoms with Crippen LogP contribution >= 0.6 is 28.1 Å². The van der Waals surface area contributed by atoms with E-state index in [1.54, 1.807) is 25.1 Å². The highest BCUT2D eigenvalue weighted by Gasteiger charge is 2.30. The van der Waals surface area contributed by atoms with Crippen LogP contribution in [0.15, 0.2) is 22.7 Å². The van der Waals surface area contributed by atoms with Gasteiger partial charge >= 0.3 is 0 Å². The summed E-state index contributed by atoms with van der Waals surface area (Å²) in [6, 6.07) is 5.11. The van der Waals surface area contributed by atoms with Crippen molar-refractivity contribution < 1.29 is 27.1 Å². The lowest BCUT2D eigenvalue weighted by atomic mass is 10.1. The quantitative estimate of drug-likeness (QED) is 0.412. The summed E-state index contributed by atoms with van der Waals surface area (Å²) in [6.45, 7) is 1.76. The SMILES string of the molecule is COc1c(F)c(F)c(C(=O)NC(=S)Nc2ccc(Br)cc2C)c(F)c1F. The first-order valence-corrected chi connectivity index (χ1v) is 8.15. The Hall–Kier alpha value is -2.20. The molecule has 0 aliphatic heterocycles. The van der Waals surface area contributed by atoms with Crippen LogP contribution in [0, 0.1) is 30.2 Å². The van der Waals surface area contributed by atoms with Crippen LogP contribution in [-0.2, 0) is 0 Å². The third kappa shape index (κ3) is 3.96. The Balaban J connectivity index is 2.26. The van der Waals surface area contributed by atoms with Crippen molar-refractivity contribution in [1.29, 1.82) is 0 Å². The van der Waals surface area contributed by atoms with Crippen LogP contribution in [0.25, 0.3) is 0 Å². The maximum absolute atomic E-state index is 13.9. The second-order valence-corrected chi connectivity index (χ2v) is 6.36. The van der Waals surface area contributed by atoms with Crippen molar-refractivity contribution in [3.63, 3.8) is 0 Å². The molecule has 0 spiro atoms. The zero-order chi connectivity index (χ0) is 19.6. The topological polar surface area (TPSA) is 50.4 Å². The average molecular weight is 451 g/mol. The molecule has 0 bridgehead atoms. The Morgan fingerprint density at radius 1 is 1.12 bits per heavy atom. The number of halogens is 5. The summed E-state index contributed by atoms with van der Waals surface area (Å²) in [5, 5.41) is 4.32. The summed E-state index contributed by atoms with van der Waals surface area (Å²) in [5.41, 5.74) is -0.168. The van der Waals surface area contributed by atoms with Crippen molar-refractivity contribution in [1.82, 2.24) is 5.32 Å². The number of carbonyl (C=O) groups is 1. The monoisotopic (exact) mass is 450 g/mol. The Morgan fingerprint density at radius 3 is 2.19 bits per heavy atom. The number of aryl methyl sites for hydroxylation is 1. The number of carbonyl (C=O) groups excluding carboxylic acids is 1. The van der Waals surface area contributed by atoms with Crippen LogP contribution in [0.3, 0.4) is 0 Å². The predicted molar refractivity (Wildman–Crippen MR) is 95.4 cm³/mol. The van der Waals surface area contributed by atoms with Crippen LogP contribution in [0.2, 0.25) is 0 Å². The van der Waals surface area contributed by atoms with E-state index in [4.69, 9.17) is 12.2 Å². The Kier molecular flexibility index (Phi) is 6.19. The van der Waals surface area contributed by atoms with Gasteiger partial charge < -0.3 is 10.1 Å². The van der Waals surface area contributed by atoms with Gasteiger partial charge in [0.25, 0.3) is 5.91 Å². The number of anilines is 1. The van der Waals surface area contributed by atoms with E-state index in [9.17, 15) is 22.4 Å². The molecule has 1 amide bonds. The number of hydrogen-bond acceptors (Lipinski definition) is 3. The van der Waals surface area contributed by atoms with E-state index in [1.807, 2.05) is 5.32 Å². The molecule has 0 aliphatic rings. The van der Waals surface area contributed by atoms with E-state index in [2.05, 4.69) is 26.0 Å². The van der Waals surface area contributed by atoms with Crippen molar-refractivity contribution >= 4 is 44.9 Å². The highest BCUT2D eigenvalue weighted by molar-refractivity contribution is 9.10. The number of nitrogens with one attached hydrogen (secondary N) is 2. The van der Waals surface area contributed by atoms with E-state index < -0.39 is 40.5 Å². The summed E-state index contributed by atoms with van der Waals surface area (Å²) in [5.74, 6) is -10.1. The van der Waals surface area contributed by atoms with Crippen molar-refractivity contribution in [3.8, 4) is 5.75 Å². The molecule has 138 valence electrons. The van der Waals surface area contributed by atoms with Crippen LogP contribution in [0.5, 0.6) is 5.75 Å². The van der Waals surface area contributed by atoms with Crippen molar-refractivity contribution in [2.45, 2.75) is 6.92 Å². The number of benzene rings is 2. The maximum Gasteiger partial charge on any atom is 0.263 e. The molecule has 4 nitrogen and oxygen atoms in total. The summed E-state index contributed by atoms with van der Waals surface area (Å²) in [6.07, 6.45) is 0. The van der Waals surface area contributed by atoms with Gasteiger partial charge in [-0.2, -0.15) is 8.78 Å². The minimum absolute atomic E-state index is 0.309. The molecule has 2 N–H and O–H groups in total. The lowest BCUT2D eigenvalue weighted by Crippen LogP contribution is -2.35. The van der Waals surface area contributed by atoms with E-state index in [1.165, 1.54) is 0 Å². The standard InChI is InChI=1S/C16H11BrF4N2O2S/c1-6-5-7(17)3-4-8(6)22-16(26)23-15(24)9-10(18)12(20)14(25-2)13(21)11(9)19/h3-5H,1-2H3,(H2,22,23,24,26). The number of methoxy groups -OCH3 is 1. The fraction of sp³-hybridized carbons (Fsp3) is 0.125. The summed E-state index contributed by atoms with van der Waals surface area (Å²) in [7, 11) is 0.833. The second-order valence-electron chi connectivity index (χ2n) is 5.03. The van der Waals surface area contributed by atoms with Crippen LogP contribution < -0.4 is 15.4 Å². The lowest BCUT2D eigenvalue weighted by molar-refractivity contribution is 0.0966. The molecule has 0 saturated carbocycles. The molecule has 0 heterocycles. The summed E-state index contributed by atoms with van der Waals surface area (Å²) < 4.78 is 60.3. The van der Waals surface area contributed by atoms with Gasteiger partial charge in [-0.05, 0) is 42.9 Å². The molecule has 2 rings (SSSR count). The highest BCUT2D eigenvalue weighted by atomic mass is 79.9. The van der Waals surface area contributed by atoms with Gasteiger partial charge in [-0.3, -0.25) is 10.1 Å². The summed E-state index contributed by atoms with van der Waals surface area (Å²) in [4.78, 5) is 12.0. The van der Waals surface area contributed by atoms with Gasteiger partial charge in [-0.15, -0.1) is 0 Å². The van der Waals surface area contributed by atoms with Gasteiger partial charge in [0.15, 0.2) is 22.5 Å². The van der Waals surface area contributed by atoms with Gasteiger partial charge in [0.05, 0.1) is 7.11 Å². The molecule has 26 heavy (non-hydrogen) atoms. The van der Waals surface area contributed by atoms with E-state index in [0.29, 0.717) is 5.69 Å². The number of amides is 1. The molecular formula is C16H11BrF4N2O2S. The zero-order valence-corrected chi connectivity index (χ0v) is 15.7. The molecule has 0 radical (unpaired) electrons. The van der Waals surface area contributed by atoms with Gasteiger partial charge in [-0.1, -0.05) is 15.9 Å². The fourth-order valence-electron chi connectivity index (χ4n) is 2.08. The summed E-state index contributed by atoms with van der Waals surface area (Å²) >= 11 is 8.17. The zero-order valence-electron chi connectivity index (χ0n) is 13.3. The molecule has 0 aromatic heterocycles. The van der Waals surface area contributed by atoms with E-state index in [0.717, 1.165) is 17.1 Å². The normalized spacial score (nSPS) is 10.4. The average Bonchev–Trinajstić information content (AvgIpc) is 2.56. The number of ether oxygens (including phenoxy) is 1. The molecule has 10 heteroatoms. The van der Waals surface area contributed by atoms with Gasteiger partial charge in [0, 0.05) is 10.2 Å². The fourth-order valence-corrected chi connectivity index (χ4v) is 2.75. The largest absolute Gasteiger partial charge is 0.491 e. The van der Waals surface area contributed by atoms with Crippen LogP contribution in [0.4, 0.5) is 23.2 Å². The van der Waals surface area contributed by atoms with Gasteiger partial charge in [-0.25, -0.2) is 8.78 Å². The lowest BCUT2D eigenvalue weighted by Gasteiger charge is -2.14. The minimum atomic E-state index is -1.89. The Labute approximate surface area is 159 Å². The first kappa shape index (κ1) is 20.1. The number of hydrogen-bond donors (Lipinski definition) is 2. The van der Waals surface area contributed by atoms with E-state index in [-0.39, 0.29) is 5.11 Å². The number of rotatable bonds is 3. The molecule has 0 fully saturated rings. The Morgan fingerprint density at radius 2 is 1.69 bits per heavy atom. The van der Waals surface area contributed by atoms with Crippen LogP contribution in [-0.4, -0.2) is 18.1 Å². The van der Waals surface area contributed by atoms with Gasteiger partial charge in [0.2, 0.25) is 11.6 Å².